The van der Waals surface area contributed by atoms with Crippen molar-refractivity contribution in [3.63, 3.8) is 0 Å². The summed E-state index contributed by atoms with van der Waals surface area (Å²) >= 11 is 0. The maximum atomic E-state index is 13.3. The molecule has 0 aliphatic heterocycles. The molecule has 0 saturated carbocycles. The van der Waals surface area contributed by atoms with Gasteiger partial charge in [-0.2, -0.15) is 5.10 Å². The molecule has 5 aromatic rings. The van der Waals surface area contributed by atoms with Crippen molar-refractivity contribution in [1.82, 2.24) is 19.6 Å². The third kappa shape index (κ3) is 2.87. The molecule has 3 aromatic heterocycles. The third-order valence-electron chi connectivity index (χ3n) is 5.90. The van der Waals surface area contributed by atoms with E-state index in [1.807, 2.05) is 42.9 Å². The van der Waals surface area contributed by atoms with Crippen LogP contribution in [0.2, 0.25) is 0 Å². The molecule has 0 radical (unpaired) electrons. The Balaban J connectivity index is 1.46. The van der Waals surface area contributed by atoms with Crippen LogP contribution in [0.1, 0.15) is 22.3 Å². The molecule has 6 rings (SSSR count). The van der Waals surface area contributed by atoms with E-state index in [4.69, 9.17) is 0 Å². The molecule has 1 aliphatic rings. The number of carbonyl (C=O) groups excluding carboxylic acids is 1. The molecular weight excluding hydrogens is 391 g/mol. The molecule has 3 heterocycles. The van der Waals surface area contributed by atoms with Gasteiger partial charge in [-0.05, 0) is 54.4 Å². The van der Waals surface area contributed by atoms with Gasteiger partial charge in [-0.3, -0.25) is 14.3 Å². The van der Waals surface area contributed by atoms with Crippen LogP contribution in [0.5, 0.6) is 0 Å². The lowest BCUT2D eigenvalue weighted by Gasteiger charge is -2.08. The van der Waals surface area contributed by atoms with Gasteiger partial charge < -0.3 is 0 Å². The number of ketones is 1. The number of Topliss-reactive ketones (excluding diaryl/α,β-unsaturated/α-hetero) is 1. The van der Waals surface area contributed by atoms with Crippen molar-refractivity contribution in [2.24, 2.45) is 0 Å². The SMILES string of the molecule is O=C1CCc2cc(-c3cnc4ccc(-c5c[nH]nc5-c5ccc(F)cc5)cn34)ccc21. The number of rotatable bonds is 3. The highest BCUT2D eigenvalue weighted by molar-refractivity contribution is 6.01. The van der Waals surface area contributed by atoms with Gasteiger partial charge in [0.25, 0.3) is 0 Å². The number of aromatic amines is 1. The Kier molecular flexibility index (Phi) is 3.86. The second-order valence-electron chi connectivity index (χ2n) is 7.74. The van der Waals surface area contributed by atoms with Crippen molar-refractivity contribution in [3.8, 4) is 33.6 Å². The van der Waals surface area contributed by atoms with Gasteiger partial charge in [-0.15, -0.1) is 0 Å². The smallest absolute Gasteiger partial charge is 0.163 e. The quantitative estimate of drug-likeness (QED) is 0.439. The second kappa shape index (κ2) is 6.74. The zero-order chi connectivity index (χ0) is 20.9. The minimum atomic E-state index is -0.277. The highest BCUT2D eigenvalue weighted by Gasteiger charge is 2.20. The first-order valence-electron chi connectivity index (χ1n) is 10.1. The van der Waals surface area contributed by atoms with Crippen molar-refractivity contribution >= 4 is 11.4 Å². The van der Waals surface area contributed by atoms with Crippen LogP contribution in [0.15, 0.2) is 73.2 Å². The molecule has 0 spiro atoms. The Labute approximate surface area is 177 Å². The fraction of sp³-hybridized carbons (Fsp3) is 0.0800. The van der Waals surface area contributed by atoms with E-state index in [1.54, 1.807) is 12.1 Å². The van der Waals surface area contributed by atoms with E-state index in [-0.39, 0.29) is 11.6 Å². The molecule has 6 heteroatoms. The van der Waals surface area contributed by atoms with Gasteiger partial charge >= 0.3 is 0 Å². The van der Waals surface area contributed by atoms with Gasteiger partial charge in [0.1, 0.15) is 11.5 Å². The Morgan fingerprint density at radius 2 is 1.71 bits per heavy atom. The van der Waals surface area contributed by atoms with Crippen LogP contribution in [0.3, 0.4) is 0 Å². The number of hydrogen-bond donors (Lipinski definition) is 1. The largest absolute Gasteiger partial charge is 0.299 e. The van der Waals surface area contributed by atoms with Crippen LogP contribution in [-0.2, 0) is 6.42 Å². The molecule has 150 valence electrons. The molecule has 0 unspecified atom stereocenters. The predicted octanol–water partition coefficient (Wildman–Crippen LogP) is 5.33. The number of nitrogens with zero attached hydrogens (tertiary/aromatic N) is 3. The molecular formula is C25H17FN4O. The number of aromatic nitrogens is 4. The number of nitrogens with one attached hydrogen (secondary N) is 1. The molecule has 0 fully saturated rings. The zero-order valence-corrected chi connectivity index (χ0v) is 16.5. The second-order valence-corrected chi connectivity index (χ2v) is 7.74. The van der Waals surface area contributed by atoms with E-state index in [0.29, 0.717) is 6.42 Å². The summed E-state index contributed by atoms with van der Waals surface area (Å²) in [4.78, 5) is 16.5. The van der Waals surface area contributed by atoms with E-state index >= 15 is 0 Å². The topological polar surface area (TPSA) is 63.0 Å². The number of hydrogen-bond acceptors (Lipinski definition) is 3. The van der Waals surface area contributed by atoms with E-state index < -0.39 is 0 Å². The van der Waals surface area contributed by atoms with Crippen molar-refractivity contribution < 1.29 is 9.18 Å². The first kappa shape index (κ1) is 17.8. The van der Waals surface area contributed by atoms with Gasteiger partial charge in [0.05, 0.1) is 17.6 Å². The van der Waals surface area contributed by atoms with Gasteiger partial charge in [-0.25, -0.2) is 9.37 Å². The summed E-state index contributed by atoms with van der Waals surface area (Å²) in [7, 11) is 0. The Morgan fingerprint density at radius 3 is 2.58 bits per heavy atom. The van der Waals surface area contributed by atoms with Gasteiger partial charge in [-0.1, -0.05) is 12.1 Å². The first-order chi connectivity index (χ1) is 15.2. The van der Waals surface area contributed by atoms with Crippen molar-refractivity contribution in [1.29, 1.82) is 0 Å². The predicted molar refractivity (Wildman–Crippen MR) is 116 cm³/mol. The summed E-state index contributed by atoms with van der Waals surface area (Å²) in [5.74, 6) is -0.0587. The van der Waals surface area contributed by atoms with Gasteiger partial charge in [0.15, 0.2) is 5.78 Å². The third-order valence-corrected chi connectivity index (χ3v) is 5.90. The van der Waals surface area contributed by atoms with Crippen LogP contribution >= 0.6 is 0 Å². The number of H-pyrrole nitrogens is 1. The summed E-state index contributed by atoms with van der Waals surface area (Å²) in [5.41, 5.74) is 8.26. The fourth-order valence-electron chi connectivity index (χ4n) is 4.31. The maximum Gasteiger partial charge on any atom is 0.163 e. The summed E-state index contributed by atoms with van der Waals surface area (Å²) in [6, 6.07) is 16.3. The van der Waals surface area contributed by atoms with Crippen LogP contribution in [0.4, 0.5) is 4.39 Å². The average Bonchev–Trinajstić information content (AvgIpc) is 3.52. The Hall–Kier alpha value is -4.06. The van der Waals surface area contributed by atoms with Crippen LogP contribution in [0, 0.1) is 5.82 Å². The summed E-state index contributed by atoms with van der Waals surface area (Å²) in [5, 5.41) is 7.31. The maximum absolute atomic E-state index is 13.3. The lowest BCUT2D eigenvalue weighted by molar-refractivity contribution is 0.0994. The minimum Gasteiger partial charge on any atom is -0.299 e. The Bertz CT molecular complexity index is 1460. The normalized spacial score (nSPS) is 13.1. The molecule has 0 atom stereocenters. The number of imidazole rings is 1. The van der Waals surface area contributed by atoms with Crippen LogP contribution < -0.4 is 0 Å². The number of pyridine rings is 1. The number of halogens is 1. The van der Waals surface area contributed by atoms with Crippen molar-refractivity contribution in [2.75, 3.05) is 0 Å². The Morgan fingerprint density at radius 1 is 0.903 bits per heavy atom. The standard InChI is InChI=1S/C25H17FN4O/c26-19-6-1-15(2-7-19)25-21(12-28-29-25)18-5-10-24-27-13-22(30(24)14-18)17-3-8-20-16(11-17)4-9-23(20)31/h1-3,5-8,10-14H,4,9H2,(H,28,29). The zero-order valence-electron chi connectivity index (χ0n) is 16.5. The van der Waals surface area contributed by atoms with Crippen molar-refractivity contribution in [2.45, 2.75) is 12.8 Å². The molecule has 0 saturated heterocycles. The molecule has 1 aliphatic carbocycles. The monoisotopic (exact) mass is 408 g/mol. The van der Waals surface area contributed by atoms with E-state index in [9.17, 15) is 9.18 Å². The van der Waals surface area contributed by atoms with Gasteiger partial charge in [0, 0.05) is 46.6 Å². The highest BCUT2D eigenvalue weighted by atomic mass is 19.1. The summed E-state index contributed by atoms with van der Waals surface area (Å²) in [6.45, 7) is 0. The number of benzene rings is 2. The lowest BCUT2D eigenvalue weighted by atomic mass is 10.0. The minimum absolute atomic E-state index is 0.218. The van der Waals surface area contributed by atoms with E-state index in [1.165, 1.54) is 12.1 Å². The molecule has 31 heavy (non-hydrogen) atoms. The van der Waals surface area contributed by atoms with Gasteiger partial charge in [0.2, 0.25) is 0 Å². The van der Waals surface area contributed by atoms with E-state index in [0.717, 1.165) is 56.8 Å². The number of aryl methyl sites for hydroxylation is 1. The lowest BCUT2D eigenvalue weighted by Crippen LogP contribution is -1.93. The fourth-order valence-corrected chi connectivity index (χ4v) is 4.31. The van der Waals surface area contributed by atoms with Crippen molar-refractivity contribution in [3.05, 3.63) is 90.1 Å². The highest BCUT2D eigenvalue weighted by Crippen LogP contribution is 2.33. The summed E-state index contributed by atoms with van der Waals surface area (Å²) < 4.78 is 15.4. The van der Waals surface area contributed by atoms with E-state index in [2.05, 4.69) is 25.6 Å². The average molecular weight is 408 g/mol. The van der Waals surface area contributed by atoms with Crippen LogP contribution in [0.25, 0.3) is 39.3 Å². The molecule has 2 aromatic carbocycles. The first-order valence-corrected chi connectivity index (χ1v) is 10.1. The molecule has 0 bridgehead atoms. The summed E-state index contributed by atoms with van der Waals surface area (Å²) in [6.07, 6.45) is 7.11. The number of fused-ring (bicyclic) bond motifs is 2. The van der Waals surface area contributed by atoms with Crippen LogP contribution in [-0.4, -0.2) is 25.4 Å². The number of carbonyl (C=O) groups is 1. The molecule has 0 amide bonds. The molecule has 5 nitrogen and oxygen atoms in total. The molecule has 1 N–H and O–H groups in total.